The van der Waals surface area contributed by atoms with E-state index in [1.807, 2.05) is 24.3 Å². The molecule has 0 fully saturated rings. The number of aromatic nitrogens is 3. The van der Waals surface area contributed by atoms with Crippen molar-refractivity contribution >= 4 is 5.78 Å². The number of Topliss-reactive ketones (excluding diaryl/α,β-unsaturated/α-hetero) is 1. The maximum absolute atomic E-state index is 12.3. The smallest absolute Gasteiger partial charge is 0.147 e. The Labute approximate surface area is 111 Å². The van der Waals surface area contributed by atoms with Gasteiger partial charge in [0.1, 0.15) is 23.7 Å². The van der Waals surface area contributed by atoms with E-state index in [4.69, 9.17) is 4.74 Å². The largest absolute Gasteiger partial charge is 0.493 e. The molecule has 1 aromatic heterocycles. The van der Waals surface area contributed by atoms with Gasteiger partial charge in [0.25, 0.3) is 0 Å². The normalized spacial score (nSPS) is 17.6. The predicted molar refractivity (Wildman–Crippen MR) is 68.8 cm³/mol. The van der Waals surface area contributed by atoms with Gasteiger partial charge in [-0.3, -0.25) is 9.48 Å². The zero-order valence-corrected chi connectivity index (χ0v) is 10.7. The Morgan fingerprint density at radius 3 is 3.11 bits per heavy atom. The third-order valence-corrected chi connectivity index (χ3v) is 3.47. The number of carbonyl (C=O) groups is 1. The molecule has 2 aromatic rings. The summed E-state index contributed by atoms with van der Waals surface area (Å²) in [5.41, 5.74) is 1.10. The van der Waals surface area contributed by atoms with Gasteiger partial charge in [-0.2, -0.15) is 5.10 Å². The van der Waals surface area contributed by atoms with E-state index >= 15 is 0 Å². The predicted octanol–water partition coefficient (Wildman–Crippen LogP) is 1.18. The quantitative estimate of drug-likeness (QED) is 0.828. The van der Waals surface area contributed by atoms with Gasteiger partial charge in [0.2, 0.25) is 0 Å². The van der Waals surface area contributed by atoms with Crippen molar-refractivity contribution in [2.24, 2.45) is 13.0 Å². The molecule has 19 heavy (non-hydrogen) atoms. The number of fused-ring (bicyclic) bond motifs is 1. The van der Waals surface area contributed by atoms with E-state index in [0.717, 1.165) is 17.7 Å². The van der Waals surface area contributed by atoms with Gasteiger partial charge in [-0.05, 0) is 18.1 Å². The zero-order chi connectivity index (χ0) is 13.2. The second kappa shape index (κ2) is 4.84. The van der Waals surface area contributed by atoms with Crippen LogP contribution in [0.25, 0.3) is 0 Å². The molecule has 5 nitrogen and oxygen atoms in total. The Kier molecular flexibility index (Phi) is 3.03. The highest BCUT2D eigenvalue weighted by molar-refractivity contribution is 5.83. The van der Waals surface area contributed by atoms with E-state index in [2.05, 4.69) is 10.1 Å². The summed E-state index contributed by atoms with van der Waals surface area (Å²) < 4.78 is 7.28. The van der Waals surface area contributed by atoms with Gasteiger partial charge in [0.05, 0.1) is 18.9 Å². The minimum absolute atomic E-state index is 0.0911. The number of hydrogen-bond donors (Lipinski definition) is 0. The summed E-state index contributed by atoms with van der Waals surface area (Å²) in [5, 5.41) is 3.97. The van der Waals surface area contributed by atoms with Crippen molar-refractivity contribution in [2.45, 2.75) is 12.8 Å². The molecule has 0 saturated heterocycles. The lowest BCUT2D eigenvalue weighted by Gasteiger charge is -2.24. The molecule has 0 bridgehead atoms. The van der Waals surface area contributed by atoms with Gasteiger partial charge in [0, 0.05) is 7.05 Å². The molecular formula is C14H15N3O2. The van der Waals surface area contributed by atoms with Crippen molar-refractivity contribution in [3.05, 3.63) is 42.0 Å². The number of ketones is 1. The molecule has 3 rings (SSSR count). The number of benzene rings is 1. The van der Waals surface area contributed by atoms with Crippen LogP contribution in [0.1, 0.15) is 11.4 Å². The molecule has 1 aromatic carbocycles. The maximum atomic E-state index is 12.3. The standard InChI is InChI=1S/C14H15N3O2/c1-17-14(15-9-16-17)7-12(18)11-6-10-4-2-3-5-13(10)19-8-11/h2-5,9,11H,6-8H2,1H3. The summed E-state index contributed by atoms with van der Waals surface area (Å²) in [4.78, 5) is 16.4. The molecule has 1 aliphatic heterocycles. The number of rotatable bonds is 3. The third-order valence-electron chi connectivity index (χ3n) is 3.47. The van der Waals surface area contributed by atoms with Crippen LogP contribution in [0.15, 0.2) is 30.6 Å². The first-order chi connectivity index (χ1) is 9.24. The summed E-state index contributed by atoms with van der Waals surface area (Å²) in [6.45, 7) is 0.452. The molecule has 1 unspecified atom stereocenters. The molecule has 98 valence electrons. The Bertz CT molecular complexity index is 606. The third kappa shape index (κ3) is 2.36. The minimum atomic E-state index is -0.0911. The van der Waals surface area contributed by atoms with E-state index < -0.39 is 0 Å². The Balaban J connectivity index is 1.71. The number of ether oxygens (including phenoxy) is 1. The number of nitrogens with zero attached hydrogens (tertiary/aromatic N) is 3. The van der Waals surface area contributed by atoms with Gasteiger partial charge in [-0.25, -0.2) is 4.98 Å². The van der Waals surface area contributed by atoms with Gasteiger partial charge < -0.3 is 4.74 Å². The lowest BCUT2D eigenvalue weighted by atomic mass is 9.91. The SMILES string of the molecule is Cn1ncnc1CC(=O)C1COc2ccccc2C1. The van der Waals surface area contributed by atoms with Crippen LogP contribution in [-0.4, -0.2) is 27.2 Å². The highest BCUT2D eigenvalue weighted by Crippen LogP contribution is 2.27. The molecule has 1 atom stereocenters. The van der Waals surface area contributed by atoms with Crippen molar-refractivity contribution in [3.8, 4) is 5.75 Å². The molecular weight excluding hydrogens is 242 g/mol. The van der Waals surface area contributed by atoms with Crippen LogP contribution in [0, 0.1) is 5.92 Å². The second-order valence-electron chi connectivity index (χ2n) is 4.76. The number of hydrogen-bond acceptors (Lipinski definition) is 4. The second-order valence-corrected chi connectivity index (χ2v) is 4.76. The lowest BCUT2D eigenvalue weighted by molar-refractivity contribution is -0.123. The Morgan fingerprint density at radius 1 is 1.47 bits per heavy atom. The summed E-state index contributed by atoms with van der Waals surface area (Å²) in [6, 6.07) is 7.87. The maximum Gasteiger partial charge on any atom is 0.147 e. The van der Waals surface area contributed by atoms with Crippen molar-refractivity contribution in [1.82, 2.24) is 14.8 Å². The van der Waals surface area contributed by atoms with Crippen molar-refractivity contribution in [1.29, 1.82) is 0 Å². The topological polar surface area (TPSA) is 57.0 Å². The fraction of sp³-hybridized carbons (Fsp3) is 0.357. The molecule has 0 aliphatic carbocycles. The van der Waals surface area contributed by atoms with Crippen LogP contribution in [0.2, 0.25) is 0 Å². The van der Waals surface area contributed by atoms with Crippen LogP contribution in [-0.2, 0) is 24.7 Å². The van der Waals surface area contributed by atoms with Crippen molar-refractivity contribution < 1.29 is 9.53 Å². The van der Waals surface area contributed by atoms with E-state index in [-0.39, 0.29) is 11.7 Å². The van der Waals surface area contributed by atoms with Crippen LogP contribution >= 0.6 is 0 Å². The highest BCUT2D eigenvalue weighted by atomic mass is 16.5. The highest BCUT2D eigenvalue weighted by Gasteiger charge is 2.26. The molecule has 0 spiro atoms. The van der Waals surface area contributed by atoms with E-state index in [9.17, 15) is 4.79 Å². The van der Waals surface area contributed by atoms with Crippen LogP contribution in [0.3, 0.4) is 0 Å². The zero-order valence-electron chi connectivity index (χ0n) is 10.7. The first-order valence-corrected chi connectivity index (χ1v) is 6.30. The molecule has 0 saturated carbocycles. The monoisotopic (exact) mass is 257 g/mol. The van der Waals surface area contributed by atoms with Crippen LogP contribution < -0.4 is 4.74 Å². The van der Waals surface area contributed by atoms with E-state index in [1.165, 1.54) is 6.33 Å². The molecule has 0 N–H and O–H groups in total. The van der Waals surface area contributed by atoms with Gasteiger partial charge in [-0.1, -0.05) is 18.2 Å². The fourth-order valence-electron chi connectivity index (χ4n) is 2.32. The van der Waals surface area contributed by atoms with Gasteiger partial charge in [-0.15, -0.1) is 0 Å². The summed E-state index contributed by atoms with van der Waals surface area (Å²) >= 11 is 0. The van der Waals surface area contributed by atoms with E-state index in [1.54, 1.807) is 11.7 Å². The molecule has 0 amide bonds. The van der Waals surface area contributed by atoms with Crippen molar-refractivity contribution in [2.75, 3.05) is 6.61 Å². The summed E-state index contributed by atoms with van der Waals surface area (Å²) in [6.07, 6.45) is 2.52. The first kappa shape index (κ1) is 11.9. The Hall–Kier alpha value is -2.17. The lowest BCUT2D eigenvalue weighted by Crippen LogP contribution is -2.30. The summed E-state index contributed by atoms with van der Waals surface area (Å²) in [7, 11) is 1.79. The summed E-state index contributed by atoms with van der Waals surface area (Å²) in [5.74, 6) is 1.66. The van der Waals surface area contributed by atoms with Crippen molar-refractivity contribution in [3.63, 3.8) is 0 Å². The fourth-order valence-corrected chi connectivity index (χ4v) is 2.32. The van der Waals surface area contributed by atoms with Crippen LogP contribution in [0.4, 0.5) is 0 Å². The average Bonchev–Trinajstić information content (AvgIpc) is 2.84. The van der Waals surface area contributed by atoms with Gasteiger partial charge >= 0.3 is 0 Å². The van der Waals surface area contributed by atoms with E-state index in [0.29, 0.717) is 18.9 Å². The average molecular weight is 257 g/mol. The number of aryl methyl sites for hydroxylation is 1. The molecule has 2 heterocycles. The Morgan fingerprint density at radius 2 is 2.32 bits per heavy atom. The first-order valence-electron chi connectivity index (χ1n) is 6.30. The van der Waals surface area contributed by atoms with Gasteiger partial charge in [0.15, 0.2) is 0 Å². The number of para-hydroxylation sites is 1. The molecule has 1 aliphatic rings. The molecule has 0 radical (unpaired) electrons. The van der Waals surface area contributed by atoms with Crippen LogP contribution in [0.5, 0.6) is 5.75 Å². The molecule has 5 heteroatoms. The minimum Gasteiger partial charge on any atom is -0.493 e. The number of carbonyl (C=O) groups excluding carboxylic acids is 1.